The number of sulfonamides is 1. The molecule has 3 N–H and O–H groups in total. The van der Waals surface area contributed by atoms with Crippen molar-refractivity contribution in [1.29, 1.82) is 0 Å². The van der Waals surface area contributed by atoms with Gasteiger partial charge in [-0.15, -0.1) is 4.83 Å². The smallest absolute Gasteiger partial charge is 0.272 e. The molecule has 0 aliphatic carbocycles. The minimum absolute atomic E-state index is 0.0701. The number of nitrogens with one attached hydrogen (secondary N) is 3. The molecule has 2 amide bonds. The fourth-order valence-corrected chi connectivity index (χ4v) is 3.52. The molecule has 0 saturated heterocycles. The molecule has 3 aromatic carbocycles. The lowest BCUT2D eigenvalue weighted by atomic mass is 10.1. The molecule has 3 aromatic rings. The van der Waals surface area contributed by atoms with Gasteiger partial charge in [0.1, 0.15) is 5.75 Å². The lowest BCUT2D eigenvalue weighted by Gasteiger charge is -2.10. The van der Waals surface area contributed by atoms with Crippen LogP contribution in [0.3, 0.4) is 0 Å². The molecule has 0 radical (unpaired) electrons. The summed E-state index contributed by atoms with van der Waals surface area (Å²) in [7, 11) is -3.97. The Morgan fingerprint density at radius 2 is 1.45 bits per heavy atom. The van der Waals surface area contributed by atoms with Crippen LogP contribution in [0.5, 0.6) is 5.75 Å². The highest BCUT2D eigenvalue weighted by molar-refractivity contribution is 7.89. The maximum atomic E-state index is 12.3. The van der Waals surface area contributed by atoms with Gasteiger partial charge >= 0.3 is 0 Å². The molecule has 0 aliphatic rings. The normalized spacial score (nSPS) is 10.9. The van der Waals surface area contributed by atoms with Crippen molar-refractivity contribution in [3.05, 3.63) is 78.9 Å². The number of amides is 2. The van der Waals surface area contributed by atoms with Crippen LogP contribution >= 0.6 is 0 Å². The van der Waals surface area contributed by atoms with E-state index in [1.165, 1.54) is 31.2 Å². The Labute approximate surface area is 180 Å². The van der Waals surface area contributed by atoms with Crippen LogP contribution in [-0.4, -0.2) is 26.8 Å². The Kier molecular flexibility index (Phi) is 7.01. The lowest BCUT2D eigenvalue weighted by molar-refractivity contribution is -0.123. The van der Waals surface area contributed by atoms with Crippen molar-refractivity contribution in [2.45, 2.75) is 11.8 Å². The molecule has 9 heteroatoms. The number of carbonyl (C=O) groups excluding carboxylic acids is 2. The summed E-state index contributed by atoms with van der Waals surface area (Å²) in [5.41, 5.74) is 4.63. The Morgan fingerprint density at radius 3 is 2.06 bits per heavy atom. The number of carbonyl (C=O) groups is 2. The molecule has 0 fully saturated rings. The molecule has 0 atom stereocenters. The summed E-state index contributed by atoms with van der Waals surface area (Å²) < 4.78 is 29.9. The van der Waals surface area contributed by atoms with Crippen LogP contribution < -0.4 is 20.3 Å². The highest BCUT2D eigenvalue weighted by Crippen LogP contribution is 2.22. The lowest BCUT2D eigenvalue weighted by Crippen LogP contribution is -2.43. The fourth-order valence-electron chi connectivity index (χ4n) is 2.66. The largest absolute Gasteiger partial charge is 0.484 e. The topological polar surface area (TPSA) is 114 Å². The van der Waals surface area contributed by atoms with E-state index in [4.69, 9.17) is 4.74 Å². The summed E-state index contributed by atoms with van der Waals surface area (Å²) in [5, 5.41) is 2.54. The SMILES string of the molecule is CC(=O)Nc1ccc(S(=O)(=O)NNC(=O)COc2ccc(-c3ccccc3)cc2)cc1. The molecular weight excluding hydrogens is 418 g/mol. The number of anilines is 1. The Morgan fingerprint density at radius 1 is 0.839 bits per heavy atom. The molecule has 160 valence electrons. The van der Waals surface area contributed by atoms with E-state index in [0.29, 0.717) is 11.4 Å². The highest BCUT2D eigenvalue weighted by Gasteiger charge is 2.15. The number of hydrogen-bond donors (Lipinski definition) is 3. The monoisotopic (exact) mass is 439 g/mol. The zero-order valence-corrected chi connectivity index (χ0v) is 17.5. The maximum Gasteiger partial charge on any atom is 0.272 e. The average molecular weight is 439 g/mol. The Bertz CT molecular complexity index is 1150. The zero-order chi connectivity index (χ0) is 22.3. The first-order chi connectivity index (χ1) is 14.8. The van der Waals surface area contributed by atoms with Gasteiger partial charge in [-0.25, -0.2) is 8.42 Å². The van der Waals surface area contributed by atoms with E-state index in [0.717, 1.165) is 11.1 Å². The van der Waals surface area contributed by atoms with Crippen molar-refractivity contribution in [1.82, 2.24) is 10.3 Å². The number of hydrogen-bond acceptors (Lipinski definition) is 5. The first-order valence-electron chi connectivity index (χ1n) is 9.30. The predicted molar refractivity (Wildman–Crippen MR) is 117 cm³/mol. The Hall–Kier alpha value is -3.69. The van der Waals surface area contributed by atoms with Crippen LogP contribution in [0.2, 0.25) is 0 Å². The van der Waals surface area contributed by atoms with Crippen molar-refractivity contribution in [2.75, 3.05) is 11.9 Å². The van der Waals surface area contributed by atoms with E-state index in [9.17, 15) is 18.0 Å². The predicted octanol–water partition coefficient (Wildman–Crippen LogP) is 2.70. The summed E-state index contributed by atoms with van der Waals surface area (Å²) in [6.07, 6.45) is 0. The van der Waals surface area contributed by atoms with Crippen LogP contribution in [0, 0.1) is 0 Å². The number of rotatable bonds is 8. The minimum Gasteiger partial charge on any atom is -0.484 e. The van der Waals surface area contributed by atoms with Crippen molar-refractivity contribution in [3.63, 3.8) is 0 Å². The highest BCUT2D eigenvalue weighted by atomic mass is 32.2. The van der Waals surface area contributed by atoms with Crippen LogP contribution in [0.25, 0.3) is 11.1 Å². The molecule has 0 aliphatic heterocycles. The van der Waals surface area contributed by atoms with Gasteiger partial charge in [-0.3, -0.25) is 15.0 Å². The molecule has 31 heavy (non-hydrogen) atoms. The van der Waals surface area contributed by atoms with E-state index < -0.39 is 15.9 Å². The molecule has 3 rings (SSSR count). The third kappa shape index (κ3) is 6.39. The van der Waals surface area contributed by atoms with Crippen LogP contribution in [0.15, 0.2) is 83.8 Å². The summed E-state index contributed by atoms with van der Waals surface area (Å²) >= 11 is 0. The van der Waals surface area contributed by atoms with Gasteiger partial charge in [-0.1, -0.05) is 42.5 Å². The van der Waals surface area contributed by atoms with E-state index in [-0.39, 0.29) is 17.4 Å². The van der Waals surface area contributed by atoms with Crippen LogP contribution in [0.1, 0.15) is 6.92 Å². The van der Waals surface area contributed by atoms with Gasteiger partial charge in [0.05, 0.1) is 4.90 Å². The molecule has 0 saturated carbocycles. The van der Waals surface area contributed by atoms with Crippen molar-refractivity contribution in [2.24, 2.45) is 0 Å². The van der Waals surface area contributed by atoms with Gasteiger partial charge in [0.2, 0.25) is 5.91 Å². The molecule has 0 spiro atoms. The summed E-state index contributed by atoms with van der Waals surface area (Å²) in [5.74, 6) is -0.451. The fraction of sp³-hybridized carbons (Fsp3) is 0.0909. The first kappa shape index (κ1) is 22.0. The van der Waals surface area contributed by atoms with Crippen molar-refractivity contribution in [3.8, 4) is 16.9 Å². The van der Waals surface area contributed by atoms with Crippen LogP contribution in [0.4, 0.5) is 5.69 Å². The van der Waals surface area contributed by atoms with Gasteiger partial charge in [-0.05, 0) is 47.5 Å². The van der Waals surface area contributed by atoms with Gasteiger partial charge in [-0.2, -0.15) is 0 Å². The van der Waals surface area contributed by atoms with E-state index in [1.54, 1.807) is 12.1 Å². The third-order valence-electron chi connectivity index (χ3n) is 4.14. The molecule has 0 unspecified atom stereocenters. The van der Waals surface area contributed by atoms with Gasteiger partial charge in [0.25, 0.3) is 15.9 Å². The summed E-state index contributed by atoms with van der Waals surface area (Å²) in [6, 6.07) is 22.5. The molecular formula is C22H21N3O5S. The van der Waals surface area contributed by atoms with Gasteiger partial charge in [0, 0.05) is 12.6 Å². The second-order valence-corrected chi connectivity index (χ2v) is 8.22. The second-order valence-electron chi connectivity index (χ2n) is 6.54. The van der Waals surface area contributed by atoms with Crippen LogP contribution in [-0.2, 0) is 19.6 Å². The number of benzene rings is 3. The Balaban J connectivity index is 1.50. The van der Waals surface area contributed by atoms with E-state index in [2.05, 4.69) is 10.7 Å². The zero-order valence-electron chi connectivity index (χ0n) is 16.7. The van der Waals surface area contributed by atoms with Crippen molar-refractivity contribution < 1.29 is 22.7 Å². The van der Waals surface area contributed by atoms with Crippen molar-refractivity contribution >= 4 is 27.5 Å². The average Bonchev–Trinajstić information content (AvgIpc) is 2.77. The van der Waals surface area contributed by atoms with Gasteiger partial charge in [0.15, 0.2) is 6.61 Å². The third-order valence-corrected chi connectivity index (χ3v) is 5.40. The maximum absolute atomic E-state index is 12.3. The summed E-state index contributed by atoms with van der Waals surface area (Å²) in [6.45, 7) is 0.982. The number of hydrazine groups is 1. The van der Waals surface area contributed by atoms with Gasteiger partial charge < -0.3 is 10.1 Å². The molecule has 0 aromatic heterocycles. The molecule has 0 heterocycles. The first-order valence-corrected chi connectivity index (χ1v) is 10.8. The second kappa shape index (κ2) is 9.88. The molecule has 0 bridgehead atoms. The number of ether oxygens (including phenoxy) is 1. The van der Waals surface area contributed by atoms with E-state index >= 15 is 0 Å². The van der Waals surface area contributed by atoms with E-state index in [1.807, 2.05) is 47.3 Å². The standard InChI is InChI=1S/C22H21N3O5S/c1-16(26)23-19-9-13-21(14-10-19)31(28,29)25-24-22(27)15-30-20-11-7-18(8-12-20)17-5-3-2-4-6-17/h2-14,25H,15H2,1H3,(H,23,26)(H,24,27). The summed E-state index contributed by atoms with van der Waals surface area (Å²) in [4.78, 5) is 24.9. The quantitative estimate of drug-likeness (QED) is 0.467. The molecule has 8 nitrogen and oxygen atoms in total. The minimum atomic E-state index is -3.97.